The van der Waals surface area contributed by atoms with Gasteiger partial charge in [0.1, 0.15) is 5.60 Å². The molecule has 2 fully saturated rings. The van der Waals surface area contributed by atoms with Crippen LogP contribution in [0.3, 0.4) is 0 Å². The van der Waals surface area contributed by atoms with E-state index in [9.17, 15) is 24.9 Å². The summed E-state index contributed by atoms with van der Waals surface area (Å²) in [6.45, 7) is 6.56. The summed E-state index contributed by atoms with van der Waals surface area (Å²) in [5.41, 5.74) is 8.03. The lowest BCUT2D eigenvalue weighted by Gasteiger charge is -2.33. The number of hydrogen-bond acceptors (Lipinski definition) is 8. The van der Waals surface area contributed by atoms with Crippen molar-refractivity contribution in [1.82, 2.24) is 30.2 Å². The van der Waals surface area contributed by atoms with Gasteiger partial charge in [0.25, 0.3) is 0 Å². The quantitative estimate of drug-likeness (QED) is 0.149. The topological polar surface area (TPSA) is 132 Å². The monoisotopic (exact) mass is 804 g/mol. The van der Waals surface area contributed by atoms with Crippen LogP contribution in [0.4, 0.5) is 9.59 Å². The van der Waals surface area contributed by atoms with E-state index >= 15 is 0 Å². The summed E-state index contributed by atoms with van der Waals surface area (Å²) in [5.74, 6) is 0.817. The van der Waals surface area contributed by atoms with Crippen molar-refractivity contribution >= 4 is 23.8 Å². The molecule has 4 aromatic carbocycles. The summed E-state index contributed by atoms with van der Waals surface area (Å²) in [4.78, 5) is 34.4. The Morgan fingerprint density at radius 3 is 1.90 bits per heavy atom. The molecular weight excluding hydrogens is 749 g/mol. The third kappa shape index (κ3) is 9.71. The zero-order chi connectivity index (χ0) is 40.1. The Morgan fingerprint density at radius 1 is 0.690 bits per heavy atom. The third-order valence-electron chi connectivity index (χ3n) is 12.2. The van der Waals surface area contributed by atoms with Gasteiger partial charge < -0.3 is 35.8 Å². The Balaban J connectivity index is 0.815. The lowest BCUT2D eigenvalue weighted by atomic mass is 9.90. The highest BCUT2D eigenvalue weighted by molar-refractivity contribution is 7.99. The number of thioether (sulfide) groups is 1. The van der Waals surface area contributed by atoms with E-state index in [0.29, 0.717) is 39.1 Å². The number of hydrogen-bond donors (Lipinski definition) is 5. The van der Waals surface area contributed by atoms with Gasteiger partial charge in [-0.25, -0.2) is 9.59 Å². The minimum atomic E-state index is -1.19. The summed E-state index contributed by atoms with van der Waals surface area (Å²) in [6.07, 6.45) is 1.01. The van der Waals surface area contributed by atoms with Crippen LogP contribution in [-0.4, -0.2) is 130 Å². The fourth-order valence-electron chi connectivity index (χ4n) is 8.92. The fourth-order valence-corrected chi connectivity index (χ4v) is 10.2. The van der Waals surface area contributed by atoms with E-state index < -0.39 is 17.8 Å². The highest BCUT2D eigenvalue weighted by atomic mass is 32.2. The van der Waals surface area contributed by atoms with Gasteiger partial charge in [0.05, 0.1) is 18.8 Å². The Kier molecular flexibility index (Phi) is 12.7. The zero-order valence-electron chi connectivity index (χ0n) is 33.1. The summed E-state index contributed by atoms with van der Waals surface area (Å²) < 4.78 is 0. The van der Waals surface area contributed by atoms with Crippen LogP contribution in [0.5, 0.6) is 0 Å². The Labute approximate surface area is 346 Å². The molecule has 2 unspecified atom stereocenters. The molecule has 4 aromatic rings. The van der Waals surface area contributed by atoms with E-state index in [4.69, 9.17) is 0 Å². The standard InChI is InChI=1S/C46H56N6O5S/c53-41(29-49-18-15-33-7-1-3-9-38(33)27-49)25-47-44(55)51-21-22-58-43(31-51)37-13-5-11-35(23-37)36-12-6-14-40(24-36)46(57)17-20-52(32-46)45(56)48-26-42(54)30-50-19-16-34-8-2-4-10-39(34)28-50/h1-14,23-24,41-43,53-54,57H,15-22,25-32H2,(H,47,55)(H,48,56)/t41-,42-,43?,46?/m0/s1. The number of carbonyl (C=O) groups is 2. The summed E-state index contributed by atoms with van der Waals surface area (Å²) in [5, 5.41) is 39.3. The number of β-amino-alcohol motifs (C(OH)–C–C–N with tert-alkyl or cyclic N) is 3. The minimum Gasteiger partial charge on any atom is -0.390 e. The number of amides is 4. The van der Waals surface area contributed by atoms with Crippen molar-refractivity contribution in [3.05, 3.63) is 130 Å². The Hall–Kier alpha value is -4.43. The molecule has 306 valence electrons. The van der Waals surface area contributed by atoms with Crippen molar-refractivity contribution in [3.8, 4) is 11.1 Å². The van der Waals surface area contributed by atoms with Crippen LogP contribution in [0.1, 0.15) is 45.1 Å². The first-order chi connectivity index (χ1) is 28.2. The Morgan fingerprint density at radius 2 is 1.26 bits per heavy atom. The molecule has 4 aliphatic rings. The van der Waals surface area contributed by atoms with E-state index in [1.807, 2.05) is 53.1 Å². The third-order valence-corrected chi connectivity index (χ3v) is 13.5. The number of carbonyl (C=O) groups excluding carboxylic acids is 2. The number of likely N-dealkylation sites (tertiary alicyclic amines) is 1. The molecular formula is C46H56N6O5S. The fraction of sp³-hybridized carbons (Fsp3) is 0.435. The van der Waals surface area contributed by atoms with Gasteiger partial charge in [-0.05, 0) is 75.9 Å². The molecule has 5 N–H and O–H groups in total. The summed E-state index contributed by atoms with van der Waals surface area (Å²) >= 11 is 1.84. The maximum Gasteiger partial charge on any atom is 0.317 e. The minimum absolute atomic E-state index is 0.0992. The second-order valence-corrected chi connectivity index (χ2v) is 17.7. The van der Waals surface area contributed by atoms with Crippen LogP contribution in [0.15, 0.2) is 97.1 Å². The highest BCUT2D eigenvalue weighted by Crippen LogP contribution is 2.37. The van der Waals surface area contributed by atoms with Crippen molar-refractivity contribution < 1.29 is 24.9 Å². The molecule has 58 heavy (non-hydrogen) atoms. The molecule has 4 amide bonds. The van der Waals surface area contributed by atoms with Gasteiger partial charge in [-0.2, -0.15) is 11.8 Å². The summed E-state index contributed by atoms with van der Waals surface area (Å²) in [7, 11) is 0. The van der Waals surface area contributed by atoms with E-state index in [0.717, 1.165) is 67.0 Å². The smallest absolute Gasteiger partial charge is 0.317 e. The van der Waals surface area contributed by atoms with Crippen molar-refractivity contribution in [2.24, 2.45) is 0 Å². The molecule has 0 radical (unpaired) electrons. The SMILES string of the molecule is O=C(NC[C@H](O)CN1CCc2ccccc2C1)N1CCSC(c2cccc(-c3cccc(C4(O)CCN(C(=O)NC[C@H](O)CN5CCc6ccccc6C5)C4)c3)c2)C1. The molecule has 0 spiro atoms. The normalized spacial score (nSPS) is 22.2. The van der Waals surface area contributed by atoms with Gasteiger partial charge in [-0.15, -0.1) is 0 Å². The van der Waals surface area contributed by atoms with Gasteiger partial charge in [0.2, 0.25) is 0 Å². The number of nitrogens with zero attached hydrogens (tertiary/aromatic N) is 4. The summed E-state index contributed by atoms with van der Waals surface area (Å²) in [6, 6.07) is 32.7. The molecule has 4 atom stereocenters. The Bertz CT molecular complexity index is 2070. The highest BCUT2D eigenvalue weighted by Gasteiger charge is 2.40. The van der Waals surface area contributed by atoms with Gasteiger partial charge in [0.15, 0.2) is 0 Å². The second kappa shape index (κ2) is 18.2. The molecule has 4 aliphatic heterocycles. The number of fused-ring (bicyclic) bond motifs is 2. The number of rotatable bonds is 11. The maximum absolute atomic E-state index is 13.3. The van der Waals surface area contributed by atoms with Crippen LogP contribution in [0.25, 0.3) is 11.1 Å². The van der Waals surface area contributed by atoms with E-state index in [-0.39, 0.29) is 36.9 Å². The van der Waals surface area contributed by atoms with Crippen LogP contribution in [-0.2, 0) is 31.5 Å². The first kappa shape index (κ1) is 40.4. The van der Waals surface area contributed by atoms with Gasteiger partial charge in [-0.1, -0.05) is 84.9 Å². The van der Waals surface area contributed by atoms with Crippen LogP contribution < -0.4 is 10.6 Å². The van der Waals surface area contributed by atoms with Gasteiger partial charge in [0, 0.05) is 83.0 Å². The number of aliphatic hydroxyl groups excluding tert-OH is 2. The van der Waals surface area contributed by atoms with E-state index in [1.54, 1.807) is 4.90 Å². The van der Waals surface area contributed by atoms with Crippen molar-refractivity contribution in [3.63, 3.8) is 0 Å². The first-order valence-electron chi connectivity index (χ1n) is 20.7. The van der Waals surface area contributed by atoms with E-state index in [1.165, 1.54) is 22.3 Å². The predicted octanol–water partition coefficient (Wildman–Crippen LogP) is 4.59. The van der Waals surface area contributed by atoms with Crippen molar-refractivity contribution in [1.29, 1.82) is 0 Å². The maximum atomic E-state index is 13.3. The molecule has 0 saturated carbocycles. The number of urea groups is 2. The van der Waals surface area contributed by atoms with Gasteiger partial charge in [-0.3, -0.25) is 9.80 Å². The van der Waals surface area contributed by atoms with Crippen LogP contribution in [0, 0.1) is 0 Å². The second-order valence-electron chi connectivity index (χ2n) is 16.4. The van der Waals surface area contributed by atoms with Crippen LogP contribution >= 0.6 is 11.8 Å². The molecule has 12 heteroatoms. The molecule has 8 rings (SSSR count). The van der Waals surface area contributed by atoms with Crippen molar-refractivity contribution in [2.75, 3.05) is 71.2 Å². The lowest BCUT2D eigenvalue weighted by Crippen LogP contribution is -2.48. The molecule has 0 aliphatic carbocycles. The lowest BCUT2D eigenvalue weighted by molar-refractivity contribution is 0.0490. The number of nitrogens with one attached hydrogen (secondary N) is 2. The largest absolute Gasteiger partial charge is 0.390 e. The average Bonchev–Trinajstić information content (AvgIpc) is 3.68. The molecule has 0 bridgehead atoms. The molecule has 0 aromatic heterocycles. The number of benzene rings is 4. The average molecular weight is 805 g/mol. The van der Waals surface area contributed by atoms with Crippen LogP contribution in [0.2, 0.25) is 0 Å². The van der Waals surface area contributed by atoms with Crippen molar-refractivity contribution in [2.45, 2.75) is 55.4 Å². The predicted molar refractivity (Wildman–Crippen MR) is 228 cm³/mol. The molecule has 11 nitrogen and oxygen atoms in total. The van der Waals surface area contributed by atoms with Gasteiger partial charge >= 0.3 is 12.1 Å². The number of aliphatic hydroxyl groups is 3. The molecule has 2 saturated heterocycles. The first-order valence-corrected chi connectivity index (χ1v) is 21.8. The molecule has 4 heterocycles. The van der Waals surface area contributed by atoms with E-state index in [2.05, 4.69) is 81.1 Å². The zero-order valence-corrected chi connectivity index (χ0v) is 34.0.